The Kier molecular flexibility index (Phi) is 1.75. The number of aliphatic hydroxyl groups is 1. The predicted molar refractivity (Wildman–Crippen MR) is 28.2 cm³/mol. The average Bonchev–Trinajstić information content (AvgIpc) is 1.31. The SMILES string of the molecule is CN(N)C(C)(C)O. The quantitative estimate of drug-likeness (QED) is 0.268. The molecule has 0 aromatic carbocycles. The minimum absolute atomic E-state index is 0.889. The lowest BCUT2D eigenvalue weighted by Crippen LogP contribution is -2.45. The average molecular weight is 104 g/mol. The first-order chi connectivity index (χ1) is 2.94. The maximum Gasteiger partial charge on any atom is 0.124 e. The molecule has 0 aliphatic heterocycles. The van der Waals surface area contributed by atoms with Crippen LogP contribution in [0.2, 0.25) is 0 Å². The minimum Gasteiger partial charge on any atom is -0.375 e. The van der Waals surface area contributed by atoms with E-state index < -0.39 is 5.72 Å². The van der Waals surface area contributed by atoms with Gasteiger partial charge in [0, 0.05) is 7.05 Å². The van der Waals surface area contributed by atoms with Crippen molar-refractivity contribution < 1.29 is 5.11 Å². The standard InChI is InChI=1S/C4H12N2O/c1-4(2,7)6(3)5/h7H,5H2,1-3H3. The molecule has 0 aromatic rings. The predicted octanol–water partition coefficient (Wildman–Crippen LogP) is -0.480. The zero-order valence-electron chi connectivity index (χ0n) is 4.97. The third-order valence-corrected chi connectivity index (χ3v) is 0.863. The molecule has 0 spiro atoms. The van der Waals surface area contributed by atoms with Crippen molar-refractivity contribution in [2.24, 2.45) is 5.84 Å². The van der Waals surface area contributed by atoms with Gasteiger partial charge in [0.1, 0.15) is 5.72 Å². The lowest BCUT2D eigenvalue weighted by molar-refractivity contribution is -0.0641. The van der Waals surface area contributed by atoms with Crippen LogP contribution in [0.3, 0.4) is 0 Å². The van der Waals surface area contributed by atoms with Crippen molar-refractivity contribution in [3.8, 4) is 0 Å². The highest BCUT2D eigenvalue weighted by Gasteiger charge is 2.14. The zero-order valence-corrected chi connectivity index (χ0v) is 4.97. The molecule has 0 heterocycles. The van der Waals surface area contributed by atoms with E-state index in [4.69, 9.17) is 10.9 Å². The van der Waals surface area contributed by atoms with Crippen LogP contribution < -0.4 is 5.84 Å². The first kappa shape index (κ1) is 6.88. The summed E-state index contributed by atoms with van der Waals surface area (Å²) in [6.07, 6.45) is 0. The van der Waals surface area contributed by atoms with Crippen molar-refractivity contribution in [3.63, 3.8) is 0 Å². The van der Waals surface area contributed by atoms with Gasteiger partial charge in [-0.05, 0) is 13.8 Å². The summed E-state index contributed by atoms with van der Waals surface area (Å²) >= 11 is 0. The molecule has 0 saturated carbocycles. The topological polar surface area (TPSA) is 49.5 Å². The van der Waals surface area contributed by atoms with Crippen molar-refractivity contribution in [1.82, 2.24) is 5.01 Å². The summed E-state index contributed by atoms with van der Waals surface area (Å²) in [6, 6.07) is 0. The minimum atomic E-state index is -0.889. The highest BCUT2D eigenvalue weighted by Crippen LogP contribution is 1.99. The van der Waals surface area contributed by atoms with Crippen molar-refractivity contribution in [3.05, 3.63) is 0 Å². The second-order valence-electron chi connectivity index (χ2n) is 2.11. The molecule has 0 bridgehead atoms. The van der Waals surface area contributed by atoms with Crippen LogP contribution in [0.25, 0.3) is 0 Å². The molecule has 7 heavy (non-hydrogen) atoms. The van der Waals surface area contributed by atoms with E-state index in [0.29, 0.717) is 0 Å². The van der Waals surface area contributed by atoms with Crippen LogP contribution in [-0.4, -0.2) is 22.9 Å². The Labute approximate surface area is 43.7 Å². The van der Waals surface area contributed by atoms with E-state index in [1.807, 2.05) is 0 Å². The van der Waals surface area contributed by atoms with E-state index in [-0.39, 0.29) is 0 Å². The number of nitrogens with zero attached hydrogens (tertiary/aromatic N) is 1. The number of hydrogen-bond donors (Lipinski definition) is 2. The number of rotatable bonds is 1. The zero-order chi connectivity index (χ0) is 6.08. The maximum absolute atomic E-state index is 8.90. The third kappa shape index (κ3) is 2.56. The summed E-state index contributed by atoms with van der Waals surface area (Å²) in [4.78, 5) is 0. The molecule has 44 valence electrons. The van der Waals surface area contributed by atoms with Gasteiger partial charge >= 0.3 is 0 Å². The van der Waals surface area contributed by atoms with Gasteiger partial charge in [-0.15, -0.1) is 0 Å². The fraction of sp³-hybridized carbons (Fsp3) is 1.00. The normalized spacial score (nSPS) is 12.9. The second-order valence-corrected chi connectivity index (χ2v) is 2.11. The molecule has 0 amide bonds. The molecular weight excluding hydrogens is 92.1 g/mol. The Balaban J connectivity index is 3.54. The van der Waals surface area contributed by atoms with Gasteiger partial charge in [-0.25, -0.2) is 5.01 Å². The maximum atomic E-state index is 8.90. The van der Waals surface area contributed by atoms with Gasteiger partial charge in [-0.1, -0.05) is 0 Å². The van der Waals surface area contributed by atoms with Crippen molar-refractivity contribution in [2.75, 3.05) is 7.05 Å². The molecule has 3 nitrogen and oxygen atoms in total. The first-order valence-electron chi connectivity index (χ1n) is 2.15. The molecule has 0 aliphatic rings. The summed E-state index contributed by atoms with van der Waals surface area (Å²) in [5.41, 5.74) is -0.889. The Hall–Kier alpha value is -0.120. The van der Waals surface area contributed by atoms with Gasteiger partial charge in [0.15, 0.2) is 0 Å². The van der Waals surface area contributed by atoms with Crippen molar-refractivity contribution in [1.29, 1.82) is 0 Å². The first-order valence-corrected chi connectivity index (χ1v) is 2.15. The van der Waals surface area contributed by atoms with Crippen LogP contribution >= 0.6 is 0 Å². The molecule has 0 aromatic heterocycles. The molecular formula is C4H12N2O. The van der Waals surface area contributed by atoms with E-state index in [9.17, 15) is 0 Å². The van der Waals surface area contributed by atoms with E-state index in [1.54, 1.807) is 20.9 Å². The van der Waals surface area contributed by atoms with Gasteiger partial charge in [0.25, 0.3) is 0 Å². The van der Waals surface area contributed by atoms with Gasteiger partial charge in [-0.3, -0.25) is 5.84 Å². The Morgan fingerprint density at radius 1 is 1.57 bits per heavy atom. The highest BCUT2D eigenvalue weighted by atomic mass is 16.3. The molecule has 0 radical (unpaired) electrons. The summed E-state index contributed by atoms with van der Waals surface area (Å²) in [5.74, 6) is 5.15. The van der Waals surface area contributed by atoms with E-state index in [0.717, 1.165) is 0 Å². The van der Waals surface area contributed by atoms with Crippen LogP contribution in [0.5, 0.6) is 0 Å². The molecule has 0 unspecified atom stereocenters. The lowest BCUT2D eigenvalue weighted by Gasteiger charge is -2.24. The lowest BCUT2D eigenvalue weighted by atomic mass is 10.3. The Bertz CT molecular complexity index is 55.2. The highest BCUT2D eigenvalue weighted by molar-refractivity contribution is 4.56. The third-order valence-electron chi connectivity index (χ3n) is 0.863. The molecule has 0 fully saturated rings. The molecule has 0 saturated heterocycles. The van der Waals surface area contributed by atoms with Crippen molar-refractivity contribution >= 4 is 0 Å². The number of hydrazine groups is 1. The van der Waals surface area contributed by atoms with Gasteiger partial charge < -0.3 is 5.11 Å². The molecule has 0 aliphatic carbocycles. The van der Waals surface area contributed by atoms with Crippen LogP contribution in [0.15, 0.2) is 0 Å². The molecule has 3 heteroatoms. The van der Waals surface area contributed by atoms with Gasteiger partial charge in [-0.2, -0.15) is 0 Å². The summed E-state index contributed by atoms with van der Waals surface area (Å²) in [5, 5.41) is 10.1. The fourth-order valence-corrected chi connectivity index (χ4v) is 0. The summed E-state index contributed by atoms with van der Waals surface area (Å²) in [7, 11) is 1.61. The smallest absolute Gasteiger partial charge is 0.124 e. The van der Waals surface area contributed by atoms with Crippen LogP contribution in [0, 0.1) is 0 Å². The molecule has 0 rings (SSSR count). The number of nitrogens with two attached hydrogens (primary N) is 1. The van der Waals surface area contributed by atoms with Crippen LogP contribution in [0.1, 0.15) is 13.8 Å². The fourth-order valence-electron chi connectivity index (χ4n) is 0. The molecule has 0 atom stereocenters. The van der Waals surface area contributed by atoms with Gasteiger partial charge in [0.2, 0.25) is 0 Å². The van der Waals surface area contributed by atoms with Crippen molar-refractivity contribution in [2.45, 2.75) is 19.6 Å². The molecule has 3 N–H and O–H groups in total. The van der Waals surface area contributed by atoms with E-state index in [2.05, 4.69) is 0 Å². The van der Waals surface area contributed by atoms with E-state index >= 15 is 0 Å². The summed E-state index contributed by atoms with van der Waals surface area (Å²) in [6.45, 7) is 3.24. The summed E-state index contributed by atoms with van der Waals surface area (Å²) < 4.78 is 0. The van der Waals surface area contributed by atoms with Gasteiger partial charge in [0.05, 0.1) is 0 Å². The second kappa shape index (κ2) is 1.78. The Morgan fingerprint density at radius 2 is 1.71 bits per heavy atom. The number of hydrogen-bond acceptors (Lipinski definition) is 3. The van der Waals surface area contributed by atoms with E-state index in [1.165, 1.54) is 5.01 Å². The van der Waals surface area contributed by atoms with Crippen LogP contribution in [-0.2, 0) is 0 Å². The Morgan fingerprint density at radius 3 is 1.71 bits per heavy atom. The monoisotopic (exact) mass is 104 g/mol. The van der Waals surface area contributed by atoms with Crippen LogP contribution in [0.4, 0.5) is 0 Å². The largest absolute Gasteiger partial charge is 0.375 e.